The van der Waals surface area contributed by atoms with Crippen LogP contribution in [0.2, 0.25) is 0 Å². The average molecular weight is 347 g/mol. The van der Waals surface area contributed by atoms with Crippen molar-refractivity contribution in [1.29, 1.82) is 0 Å². The van der Waals surface area contributed by atoms with Crippen molar-refractivity contribution in [2.75, 3.05) is 0 Å². The van der Waals surface area contributed by atoms with Crippen molar-refractivity contribution >= 4 is 17.8 Å². The van der Waals surface area contributed by atoms with E-state index in [1.807, 2.05) is 36.4 Å². The van der Waals surface area contributed by atoms with Gasteiger partial charge in [0.2, 0.25) is 0 Å². The molecular formula is C21H17NO4. The largest absolute Gasteiger partial charge is 0.457 e. The smallest absolute Gasteiger partial charge is 0.338 e. The fourth-order valence-electron chi connectivity index (χ4n) is 3.52. The Balaban J connectivity index is 1.49. The number of aryl methyl sites for hydroxylation is 1. The number of carbonyl (C=O) groups excluding carboxylic acids is 3. The molecule has 5 heteroatoms. The van der Waals surface area contributed by atoms with Crippen LogP contribution >= 0.6 is 0 Å². The minimum atomic E-state index is -0.380. The minimum absolute atomic E-state index is 0.224. The van der Waals surface area contributed by atoms with Crippen molar-refractivity contribution in [1.82, 2.24) is 4.90 Å². The molecule has 1 atom stereocenters. The number of ether oxygens (including phenoxy) is 1. The van der Waals surface area contributed by atoms with Crippen LogP contribution in [0, 0.1) is 0 Å². The van der Waals surface area contributed by atoms with E-state index in [1.165, 1.54) is 17.1 Å². The molecule has 5 nitrogen and oxygen atoms in total. The second-order valence-corrected chi connectivity index (χ2v) is 6.41. The van der Waals surface area contributed by atoms with Gasteiger partial charge in [-0.3, -0.25) is 14.5 Å². The summed E-state index contributed by atoms with van der Waals surface area (Å²) in [6, 6.07) is 14.6. The van der Waals surface area contributed by atoms with Crippen molar-refractivity contribution in [3.8, 4) is 0 Å². The van der Waals surface area contributed by atoms with E-state index < -0.39 is 0 Å². The van der Waals surface area contributed by atoms with Gasteiger partial charge in [-0.2, -0.15) is 0 Å². The van der Waals surface area contributed by atoms with Gasteiger partial charge in [0.1, 0.15) is 6.61 Å². The number of imide groups is 1. The summed E-state index contributed by atoms with van der Waals surface area (Å²) in [5.41, 5.74) is 3.32. The standard InChI is InChI=1S/C21H17NO4/c23-19-10-11-20(24)22(19)18-9-7-15-12-16(6-8-17(15)18)21(25)26-13-14-4-2-1-3-5-14/h1-6,8,10-12,18H,7,9,13H2/t18-/m0/s1. The fraction of sp³-hybridized carbons (Fsp3) is 0.190. The lowest BCUT2D eigenvalue weighted by Crippen LogP contribution is -2.33. The lowest BCUT2D eigenvalue weighted by atomic mass is 10.0. The summed E-state index contributed by atoms with van der Waals surface area (Å²) in [6.45, 7) is 0.224. The van der Waals surface area contributed by atoms with Gasteiger partial charge in [0.05, 0.1) is 11.6 Å². The molecule has 0 aromatic heterocycles. The van der Waals surface area contributed by atoms with Gasteiger partial charge in [0, 0.05) is 12.2 Å². The average Bonchev–Trinajstić information content (AvgIpc) is 3.22. The molecule has 0 fully saturated rings. The third-order valence-electron chi connectivity index (χ3n) is 4.79. The number of fused-ring (bicyclic) bond motifs is 1. The van der Waals surface area contributed by atoms with Gasteiger partial charge in [-0.25, -0.2) is 4.79 Å². The van der Waals surface area contributed by atoms with Gasteiger partial charge in [-0.05, 0) is 41.7 Å². The Morgan fingerprint density at radius 1 is 1.04 bits per heavy atom. The zero-order valence-electron chi connectivity index (χ0n) is 14.1. The summed E-state index contributed by atoms with van der Waals surface area (Å²) in [7, 11) is 0. The third kappa shape index (κ3) is 2.92. The zero-order chi connectivity index (χ0) is 18.1. The van der Waals surface area contributed by atoms with Gasteiger partial charge in [0.15, 0.2) is 0 Å². The molecule has 0 bridgehead atoms. The minimum Gasteiger partial charge on any atom is -0.457 e. The summed E-state index contributed by atoms with van der Waals surface area (Å²) >= 11 is 0. The summed E-state index contributed by atoms with van der Waals surface area (Å²) in [4.78, 5) is 37.4. The topological polar surface area (TPSA) is 63.7 Å². The zero-order valence-corrected chi connectivity index (χ0v) is 14.1. The van der Waals surface area contributed by atoms with E-state index in [1.54, 1.807) is 12.1 Å². The van der Waals surface area contributed by atoms with Crippen LogP contribution in [0.25, 0.3) is 0 Å². The second kappa shape index (κ2) is 6.59. The van der Waals surface area contributed by atoms with Crippen molar-refractivity contribution in [2.24, 2.45) is 0 Å². The highest BCUT2D eigenvalue weighted by Gasteiger charge is 2.36. The van der Waals surface area contributed by atoms with Crippen LogP contribution in [0.5, 0.6) is 0 Å². The summed E-state index contributed by atoms with van der Waals surface area (Å²) in [5, 5.41) is 0. The van der Waals surface area contributed by atoms with Crippen molar-refractivity contribution < 1.29 is 19.1 Å². The normalized spacial score (nSPS) is 18.3. The SMILES string of the molecule is O=C(OCc1ccccc1)c1ccc2c(c1)CC[C@@H]2N1C(=O)C=CC1=O. The molecule has 2 aromatic carbocycles. The second-order valence-electron chi connectivity index (χ2n) is 6.41. The first kappa shape index (κ1) is 16.3. The first-order valence-electron chi connectivity index (χ1n) is 8.52. The molecule has 130 valence electrons. The van der Waals surface area contributed by atoms with Gasteiger partial charge >= 0.3 is 5.97 Å². The Morgan fingerprint density at radius 2 is 1.77 bits per heavy atom. The Hall–Kier alpha value is -3.21. The Labute approximate surface area is 150 Å². The molecule has 0 saturated heterocycles. The van der Waals surface area contributed by atoms with Crippen LogP contribution in [0.1, 0.15) is 39.5 Å². The van der Waals surface area contributed by atoms with E-state index in [2.05, 4.69) is 0 Å². The number of nitrogens with zero attached hydrogens (tertiary/aromatic N) is 1. The number of hydrogen-bond donors (Lipinski definition) is 0. The quantitative estimate of drug-likeness (QED) is 0.630. The lowest BCUT2D eigenvalue weighted by molar-refractivity contribution is -0.139. The Kier molecular flexibility index (Phi) is 4.13. The number of amides is 2. The lowest BCUT2D eigenvalue weighted by Gasteiger charge is -2.22. The van der Waals surface area contributed by atoms with E-state index in [0.717, 1.165) is 23.1 Å². The van der Waals surface area contributed by atoms with E-state index in [4.69, 9.17) is 4.74 Å². The number of esters is 1. The van der Waals surface area contributed by atoms with Crippen molar-refractivity contribution in [2.45, 2.75) is 25.5 Å². The van der Waals surface area contributed by atoms with E-state index in [9.17, 15) is 14.4 Å². The molecule has 0 spiro atoms. The highest BCUT2D eigenvalue weighted by atomic mass is 16.5. The Morgan fingerprint density at radius 3 is 2.50 bits per heavy atom. The first-order chi connectivity index (χ1) is 12.6. The molecule has 0 unspecified atom stereocenters. The van der Waals surface area contributed by atoms with E-state index >= 15 is 0 Å². The maximum atomic E-state index is 12.3. The number of rotatable bonds is 4. The van der Waals surface area contributed by atoms with Crippen LogP contribution in [0.4, 0.5) is 0 Å². The van der Waals surface area contributed by atoms with E-state index in [-0.39, 0.29) is 30.4 Å². The third-order valence-corrected chi connectivity index (χ3v) is 4.79. The molecule has 2 amide bonds. The number of carbonyl (C=O) groups is 3. The molecule has 2 aromatic rings. The van der Waals surface area contributed by atoms with Crippen LogP contribution in [-0.2, 0) is 27.4 Å². The van der Waals surface area contributed by atoms with Gasteiger partial charge in [0.25, 0.3) is 11.8 Å². The highest BCUT2D eigenvalue weighted by Crippen LogP contribution is 2.37. The molecule has 4 rings (SSSR count). The predicted molar refractivity (Wildman–Crippen MR) is 94.1 cm³/mol. The van der Waals surface area contributed by atoms with Crippen molar-refractivity contribution in [3.63, 3.8) is 0 Å². The predicted octanol–water partition coefficient (Wildman–Crippen LogP) is 2.96. The summed E-state index contributed by atoms with van der Waals surface area (Å²) in [5.74, 6) is -0.937. The maximum absolute atomic E-state index is 12.3. The van der Waals surface area contributed by atoms with Crippen LogP contribution in [0.3, 0.4) is 0 Å². The van der Waals surface area contributed by atoms with Gasteiger partial charge in [-0.1, -0.05) is 36.4 Å². The summed E-state index contributed by atoms with van der Waals surface area (Å²) < 4.78 is 5.37. The van der Waals surface area contributed by atoms with Gasteiger partial charge in [-0.15, -0.1) is 0 Å². The molecule has 1 aliphatic carbocycles. The van der Waals surface area contributed by atoms with Crippen molar-refractivity contribution in [3.05, 3.63) is 82.9 Å². The molecular weight excluding hydrogens is 330 g/mol. The molecule has 0 N–H and O–H groups in total. The molecule has 2 aliphatic rings. The summed E-state index contributed by atoms with van der Waals surface area (Å²) in [6.07, 6.45) is 4.00. The highest BCUT2D eigenvalue weighted by molar-refractivity contribution is 6.13. The fourth-order valence-corrected chi connectivity index (χ4v) is 3.52. The van der Waals surface area contributed by atoms with Gasteiger partial charge < -0.3 is 4.74 Å². The molecule has 1 heterocycles. The number of benzene rings is 2. The van der Waals surface area contributed by atoms with Crippen LogP contribution < -0.4 is 0 Å². The van der Waals surface area contributed by atoms with E-state index in [0.29, 0.717) is 12.0 Å². The maximum Gasteiger partial charge on any atom is 0.338 e. The molecule has 0 radical (unpaired) electrons. The first-order valence-corrected chi connectivity index (χ1v) is 8.52. The van der Waals surface area contributed by atoms with Crippen LogP contribution in [0.15, 0.2) is 60.7 Å². The van der Waals surface area contributed by atoms with Crippen LogP contribution in [-0.4, -0.2) is 22.7 Å². The monoisotopic (exact) mass is 347 g/mol. The molecule has 0 saturated carbocycles. The molecule has 26 heavy (non-hydrogen) atoms. The Bertz CT molecular complexity index is 899. The number of hydrogen-bond acceptors (Lipinski definition) is 4. The molecule has 1 aliphatic heterocycles.